The van der Waals surface area contributed by atoms with E-state index in [1.807, 2.05) is 78.9 Å². The van der Waals surface area contributed by atoms with Crippen LogP contribution in [0.15, 0.2) is 131 Å². The van der Waals surface area contributed by atoms with Crippen molar-refractivity contribution in [3.8, 4) is 34.3 Å². The van der Waals surface area contributed by atoms with E-state index in [0.717, 1.165) is 53.2 Å². The predicted molar refractivity (Wildman–Crippen MR) is 213 cm³/mol. The number of methoxy groups -OCH3 is 1. The molecule has 14 nitrogen and oxygen atoms in total. The van der Waals surface area contributed by atoms with Gasteiger partial charge >= 0.3 is 17.9 Å². The van der Waals surface area contributed by atoms with Crippen molar-refractivity contribution in [2.45, 2.75) is 19.3 Å². The van der Waals surface area contributed by atoms with E-state index in [4.69, 9.17) is 9.72 Å². The molecule has 6 heterocycles. The Labute approximate surface area is 345 Å². The number of aromatic nitrogens is 8. The highest BCUT2D eigenvalue weighted by Gasteiger charge is 2.30. The first-order valence-electron chi connectivity index (χ1n) is 17.3. The third-order valence-corrected chi connectivity index (χ3v) is 9.56. The Hall–Kier alpha value is -6.47. The van der Waals surface area contributed by atoms with Crippen LogP contribution in [0.1, 0.15) is 11.1 Å². The minimum absolute atomic E-state index is 0.269. The molecule has 58 heavy (non-hydrogen) atoms. The lowest BCUT2D eigenvalue weighted by Gasteiger charge is -2.11. The molecule has 0 spiro atoms. The van der Waals surface area contributed by atoms with Gasteiger partial charge in [0.05, 0.1) is 52.0 Å². The number of alkyl halides is 3. The molecule has 8 aromatic rings. The van der Waals surface area contributed by atoms with Gasteiger partial charge in [-0.1, -0.05) is 60.7 Å². The topological polar surface area (TPSA) is 151 Å². The van der Waals surface area contributed by atoms with Crippen molar-refractivity contribution in [1.82, 2.24) is 29.2 Å². The van der Waals surface area contributed by atoms with E-state index in [9.17, 15) is 23.6 Å². The van der Waals surface area contributed by atoms with Gasteiger partial charge in [-0.3, -0.25) is 10.4 Å². The number of nitrogens with one attached hydrogen (secondary N) is 2. The third-order valence-electron chi connectivity index (χ3n) is 8.44. The Morgan fingerprint density at radius 3 is 1.53 bits per heavy atom. The lowest BCUT2D eigenvalue weighted by atomic mass is 10.1. The first-order valence-corrected chi connectivity index (χ1v) is 18.9. The van der Waals surface area contributed by atoms with Gasteiger partial charge in [0.2, 0.25) is 12.4 Å². The maximum Gasteiger partial charge on any atom is 0.422 e. The monoisotopic (exact) mass is 920 g/mol. The van der Waals surface area contributed by atoms with Gasteiger partial charge in [-0.05, 0) is 44.0 Å². The molecule has 296 valence electrons. The molecule has 0 radical (unpaired) electrons. The van der Waals surface area contributed by atoms with Gasteiger partial charge in [-0.2, -0.15) is 32.4 Å². The van der Waals surface area contributed by atoms with Crippen LogP contribution in [0.4, 0.5) is 24.8 Å². The Kier molecular flexibility index (Phi) is 11.9. The number of benzene rings is 2. The molecule has 6 aromatic heterocycles. The molecule has 0 bridgehead atoms. The molecule has 0 aliphatic rings. The summed E-state index contributed by atoms with van der Waals surface area (Å²) in [4.78, 5) is 9.36. The molecular formula is C39H33Br2F3N10O4+2. The van der Waals surface area contributed by atoms with E-state index in [-0.39, 0.29) is 12.4 Å². The number of pyridine rings is 2. The molecule has 0 aliphatic carbocycles. The fourth-order valence-corrected chi connectivity index (χ4v) is 6.40. The van der Waals surface area contributed by atoms with Crippen LogP contribution in [-0.4, -0.2) is 59.5 Å². The van der Waals surface area contributed by atoms with E-state index in [1.54, 1.807) is 39.8 Å². The first kappa shape index (κ1) is 39.8. The molecule has 0 fully saturated rings. The Morgan fingerprint density at radius 2 is 1.12 bits per heavy atom. The van der Waals surface area contributed by atoms with Gasteiger partial charge in [0.1, 0.15) is 11.6 Å². The average Bonchev–Trinajstić information content (AvgIpc) is 3.80. The molecule has 8 rings (SSSR count). The summed E-state index contributed by atoms with van der Waals surface area (Å²) in [6, 6.07) is 29.8. The largest absolute Gasteiger partial charge is 0.445 e. The summed E-state index contributed by atoms with van der Waals surface area (Å²) >= 11 is 6.95. The maximum atomic E-state index is 12.3. The molecule has 0 amide bonds. The van der Waals surface area contributed by atoms with Crippen LogP contribution in [-0.2, 0) is 13.1 Å². The smallest absolute Gasteiger partial charge is 0.422 e. The summed E-state index contributed by atoms with van der Waals surface area (Å²) < 4.78 is 52.9. The van der Waals surface area contributed by atoms with E-state index >= 15 is 0 Å². The van der Waals surface area contributed by atoms with E-state index < -0.39 is 12.8 Å². The second kappa shape index (κ2) is 17.3. The van der Waals surface area contributed by atoms with E-state index in [2.05, 4.69) is 62.4 Å². The molecular weight excluding hydrogens is 889 g/mol. The van der Waals surface area contributed by atoms with Crippen LogP contribution < -0.4 is 29.6 Å². The average molecular weight is 923 g/mol. The molecule has 0 atom stereocenters. The van der Waals surface area contributed by atoms with E-state index in [1.165, 1.54) is 19.4 Å². The summed E-state index contributed by atoms with van der Waals surface area (Å²) in [5, 5.41) is 35.1. The van der Waals surface area contributed by atoms with Gasteiger partial charge in [0.15, 0.2) is 17.9 Å². The van der Waals surface area contributed by atoms with Crippen LogP contribution in [0, 0.1) is 0 Å². The molecule has 0 saturated carbocycles. The number of nitrogens with zero attached hydrogens (tertiary/aromatic N) is 8. The highest BCUT2D eigenvalue weighted by Crippen LogP contribution is 2.28. The van der Waals surface area contributed by atoms with Gasteiger partial charge in [0.25, 0.3) is 0 Å². The first-order chi connectivity index (χ1) is 28.0. The molecule has 0 saturated heterocycles. The van der Waals surface area contributed by atoms with Crippen molar-refractivity contribution in [3.63, 3.8) is 0 Å². The number of fused-ring (bicyclic) bond motifs is 2. The molecule has 2 aromatic carbocycles. The summed E-state index contributed by atoms with van der Waals surface area (Å²) in [6.07, 6.45) is 1.73. The minimum Gasteiger partial charge on any atom is -0.445 e. The summed E-state index contributed by atoms with van der Waals surface area (Å²) in [6.45, 7) is -0.725. The van der Waals surface area contributed by atoms with Crippen molar-refractivity contribution >= 4 is 54.8 Å². The second-order valence-corrected chi connectivity index (χ2v) is 14.2. The zero-order chi connectivity index (χ0) is 40.8. The van der Waals surface area contributed by atoms with Crippen molar-refractivity contribution in [3.05, 3.63) is 142 Å². The number of anilines is 2. The maximum absolute atomic E-state index is 12.3. The van der Waals surface area contributed by atoms with Crippen LogP contribution in [0.25, 0.3) is 33.8 Å². The number of hydrogen-bond acceptors (Lipinski definition) is 10. The fourth-order valence-electron chi connectivity index (χ4n) is 5.70. The number of halogens is 5. The zero-order valence-corrected chi connectivity index (χ0v) is 33.5. The predicted octanol–water partition coefficient (Wildman–Crippen LogP) is 7.54. The minimum atomic E-state index is -4.49. The van der Waals surface area contributed by atoms with Crippen LogP contribution >= 0.6 is 31.9 Å². The van der Waals surface area contributed by atoms with Crippen LogP contribution in [0.2, 0.25) is 0 Å². The SMILES string of the molecule is COc1ccc(CNc2cc(-c3ccccc3)nc3c(Br)cnn23)c[n+]1O.O[n+]1cc(CNc2cc(-c3ccccc3)nc3c(Br)cnn23)ccc1OCC(F)(F)F. The summed E-state index contributed by atoms with van der Waals surface area (Å²) in [5.74, 6) is 1.50. The van der Waals surface area contributed by atoms with Crippen molar-refractivity contribution < 1.29 is 42.5 Å². The van der Waals surface area contributed by atoms with Crippen LogP contribution in [0.3, 0.4) is 0 Å². The van der Waals surface area contributed by atoms with Gasteiger partial charge in [-0.25, -0.2) is 9.97 Å². The van der Waals surface area contributed by atoms with Crippen LogP contribution in [0.5, 0.6) is 11.8 Å². The standard InChI is InChI=1S/C20H16BrF3N5O2.C19H17BrN5O2/c21-15-10-26-29-17(8-16(27-19(15)29)14-4-2-1-3-5-14)25-9-13-6-7-18(28(30)11-13)31-12-20(22,23)24;1-27-18-8-7-13(12-24(18)26)10-21-17-9-16(14-5-3-2-4-6-14)23-19-15(20)11-22-25(17)19/h1-8,10-11,25,30H,9,12H2;2-9,11-12,21,26H,10H2,1H3/q2*+1. The quantitative estimate of drug-likeness (QED) is 0.0757. The van der Waals surface area contributed by atoms with E-state index in [0.29, 0.717) is 34.2 Å². The molecule has 0 unspecified atom stereocenters. The molecule has 4 N–H and O–H groups in total. The van der Waals surface area contributed by atoms with Gasteiger partial charge < -0.3 is 20.1 Å². The highest BCUT2D eigenvalue weighted by atomic mass is 79.9. The Balaban J connectivity index is 0.000000178. The Morgan fingerprint density at radius 1 is 0.672 bits per heavy atom. The van der Waals surface area contributed by atoms with Crippen molar-refractivity contribution in [2.75, 3.05) is 24.4 Å². The fraction of sp³-hybridized carbons (Fsp3) is 0.128. The Bertz CT molecular complexity index is 2680. The zero-order valence-electron chi connectivity index (χ0n) is 30.3. The number of hydrogen-bond donors (Lipinski definition) is 4. The van der Waals surface area contributed by atoms with Crippen molar-refractivity contribution in [2.24, 2.45) is 0 Å². The number of ether oxygens (including phenoxy) is 2. The molecule has 19 heteroatoms. The summed E-state index contributed by atoms with van der Waals surface area (Å²) in [5.41, 5.74) is 6.39. The summed E-state index contributed by atoms with van der Waals surface area (Å²) in [7, 11) is 1.51. The lowest BCUT2D eigenvalue weighted by molar-refractivity contribution is -0.906. The van der Waals surface area contributed by atoms with Gasteiger partial charge in [0, 0.05) is 56.9 Å². The molecule has 0 aliphatic heterocycles. The highest BCUT2D eigenvalue weighted by molar-refractivity contribution is 9.11. The van der Waals surface area contributed by atoms with Gasteiger partial charge in [-0.15, -0.1) is 0 Å². The third kappa shape index (κ3) is 9.38. The number of rotatable bonds is 11. The normalized spacial score (nSPS) is 11.3. The second-order valence-electron chi connectivity index (χ2n) is 12.5. The van der Waals surface area contributed by atoms with Crippen molar-refractivity contribution in [1.29, 1.82) is 0 Å². The lowest BCUT2D eigenvalue weighted by Crippen LogP contribution is -2.35.